The van der Waals surface area contributed by atoms with Gasteiger partial charge in [-0.25, -0.2) is 0 Å². The number of nitrogens with two attached hydrogens (primary N) is 1. The molecule has 16 heavy (non-hydrogen) atoms. The molecule has 2 nitrogen and oxygen atoms in total. The second-order valence-electron chi connectivity index (χ2n) is 6.85. The van der Waals surface area contributed by atoms with Crippen molar-refractivity contribution in [3.8, 4) is 0 Å². The van der Waals surface area contributed by atoms with Crippen LogP contribution in [-0.4, -0.2) is 29.6 Å². The normalized spacial score (nSPS) is 60.0. The lowest BCUT2D eigenvalue weighted by atomic mass is 9.96. The Morgan fingerprint density at radius 2 is 1.69 bits per heavy atom. The van der Waals surface area contributed by atoms with Gasteiger partial charge in [-0.05, 0) is 62.7 Å². The molecule has 4 fully saturated rings. The maximum Gasteiger partial charge on any atom is 0.0167 e. The van der Waals surface area contributed by atoms with Crippen molar-refractivity contribution in [3.63, 3.8) is 0 Å². The van der Waals surface area contributed by atoms with Crippen molar-refractivity contribution >= 4 is 0 Å². The van der Waals surface area contributed by atoms with E-state index in [0.29, 0.717) is 6.04 Å². The summed E-state index contributed by atoms with van der Waals surface area (Å²) in [7, 11) is 0. The molecule has 6 atom stereocenters. The molecule has 0 radical (unpaired) electrons. The molecule has 0 aromatic carbocycles. The third kappa shape index (κ3) is 1.20. The quantitative estimate of drug-likeness (QED) is 0.730. The van der Waals surface area contributed by atoms with Crippen LogP contribution in [0.2, 0.25) is 0 Å². The number of hydrogen-bond acceptors (Lipinski definition) is 2. The molecule has 0 aromatic rings. The zero-order valence-corrected chi connectivity index (χ0v) is 10.3. The van der Waals surface area contributed by atoms with Gasteiger partial charge in [-0.1, -0.05) is 0 Å². The van der Waals surface area contributed by atoms with Crippen molar-refractivity contribution in [1.82, 2.24) is 4.90 Å². The molecule has 1 aliphatic heterocycles. The highest BCUT2D eigenvalue weighted by Crippen LogP contribution is 2.67. The SMILES string of the molecule is CC1CC(N)CCN1C1C2C3CCC(C3)C21. The molecular formula is C14H24N2. The van der Waals surface area contributed by atoms with Gasteiger partial charge in [0.05, 0.1) is 0 Å². The van der Waals surface area contributed by atoms with Crippen molar-refractivity contribution in [3.05, 3.63) is 0 Å². The van der Waals surface area contributed by atoms with E-state index in [1.807, 2.05) is 0 Å². The summed E-state index contributed by atoms with van der Waals surface area (Å²) in [6.07, 6.45) is 7.13. The van der Waals surface area contributed by atoms with E-state index in [9.17, 15) is 0 Å². The number of piperidine rings is 1. The predicted octanol–water partition coefficient (Wildman–Crippen LogP) is 1.84. The van der Waals surface area contributed by atoms with E-state index in [0.717, 1.165) is 35.8 Å². The maximum atomic E-state index is 6.06. The molecule has 3 aliphatic carbocycles. The van der Waals surface area contributed by atoms with E-state index in [1.165, 1.54) is 19.4 Å². The fourth-order valence-corrected chi connectivity index (χ4v) is 5.39. The van der Waals surface area contributed by atoms with Crippen molar-refractivity contribution < 1.29 is 0 Å². The van der Waals surface area contributed by atoms with E-state index < -0.39 is 0 Å². The Hall–Kier alpha value is -0.0800. The third-order valence-electron chi connectivity index (χ3n) is 6.05. The molecule has 3 saturated carbocycles. The summed E-state index contributed by atoms with van der Waals surface area (Å²) in [6.45, 7) is 3.68. The van der Waals surface area contributed by atoms with Crippen molar-refractivity contribution in [2.24, 2.45) is 29.4 Å². The average molecular weight is 220 g/mol. The summed E-state index contributed by atoms with van der Waals surface area (Å²) in [4.78, 5) is 2.82. The number of fused-ring (bicyclic) bond motifs is 5. The molecule has 4 aliphatic rings. The first-order chi connectivity index (χ1) is 7.75. The first-order valence-electron chi connectivity index (χ1n) is 7.27. The molecule has 0 spiro atoms. The van der Waals surface area contributed by atoms with Gasteiger partial charge in [0.2, 0.25) is 0 Å². The maximum absolute atomic E-state index is 6.06. The molecule has 0 aromatic heterocycles. The number of nitrogens with zero attached hydrogens (tertiary/aromatic N) is 1. The second kappa shape index (κ2) is 3.23. The molecule has 6 unspecified atom stereocenters. The number of hydrogen-bond donors (Lipinski definition) is 1. The molecule has 2 bridgehead atoms. The van der Waals surface area contributed by atoms with E-state index in [4.69, 9.17) is 5.73 Å². The second-order valence-corrected chi connectivity index (χ2v) is 6.85. The van der Waals surface area contributed by atoms with Crippen LogP contribution < -0.4 is 5.73 Å². The van der Waals surface area contributed by atoms with Gasteiger partial charge in [-0.2, -0.15) is 0 Å². The van der Waals surface area contributed by atoms with E-state index in [2.05, 4.69) is 11.8 Å². The van der Waals surface area contributed by atoms with Gasteiger partial charge in [0.15, 0.2) is 0 Å². The average Bonchev–Trinajstić information content (AvgIpc) is 2.67. The van der Waals surface area contributed by atoms with Gasteiger partial charge < -0.3 is 5.73 Å². The number of likely N-dealkylation sites (tertiary alicyclic amines) is 1. The lowest BCUT2D eigenvalue weighted by Gasteiger charge is -2.38. The van der Waals surface area contributed by atoms with Crippen LogP contribution in [0.5, 0.6) is 0 Å². The molecule has 90 valence electrons. The molecule has 2 N–H and O–H groups in total. The smallest absolute Gasteiger partial charge is 0.0167 e. The summed E-state index contributed by atoms with van der Waals surface area (Å²) in [5, 5.41) is 0. The molecule has 2 heteroatoms. The highest BCUT2D eigenvalue weighted by Gasteiger charge is 2.66. The van der Waals surface area contributed by atoms with E-state index in [1.54, 1.807) is 19.3 Å². The van der Waals surface area contributed by atoms with Crippen LogP contribution in [0.15, 0.2) is 0 Å². The Morgan fingerprint density at radius 3 is 2.31 bits per heavy atom. The van der Waals surface area contributed by atoms with Gasteiger partial charge in [-0.15, -0.1) is 0 Å². The Balaban J connectivity index is 1.49. The lowest BCUT2D eigenvalue weighted by molar-refractivity contribution is 0.116. The summed E-state index contributed by atoms with van der Waals surface area (Å²) >= 11 is 0. The highest BCUT2D eigenvalue weighted by molar-refractivity contribution is 5.18. The minimum Gasteiger partial charge on any atom is -0.328 e. The zero-order chi connectivity index (χ0) is 10.9. The van der Waals surface area contributed by atoms with Crippen LogP contribution in [-0.2, 0) is 0 Å². The minimum absolute atomic E-state index is 0.474. The fraction of sp³-hybridized carbons (Fsp3) is 1.00. The minimum atomic E-state index is 0.474. The summed E-state index contributed by atoms with van der Waals surface area (Å²) in [5.41, 5.74) is 6.06. The van der Waals surface area contributed by atoms with Crippen LogP contribution in [0.4, 0.5) is 0 Å². The lowest BCUT2D eigenvalue weighted by Crippen LogP contribution is -2.47. The molecule has 0 amide bonds. The van der Waals surface area contributed by atoms with Crippen LogP contribution >= 0.6 is 0 Å². The monoisotopic (exact) mass is 220 g/mol. The van der Waals surface area contributed by atoms with Gasteiger partial charge in [-0.3, -0.25) is 4.90 Å². The standard InChI is InChI=1S/C14H24N2/c1-8-6-11(15)4-5-16(8)14-12-9-2-3-10(7-9)13(12)14/h8-14H,2-7,15H2,1H3. The van der Waals surface area contributed by atoms with E-state index in [-0.39, 0.29) is 0 Å². The van der Waals surface area contributed by atoms with Crippen LogP contribution in [0.1, 0.15) is 39.0 Å². The molecule has 4 rings (SSSR count). The predicted molar refractivity (Wildman–Crippen MR) is 65.0 cm³/mol. The first kappa shape index (κ1) is 9.90. The molecular weight excluding hydrogens is 196 g/mol. The highest BCUT2D eigenvalue weighted by atomic mass is 15.2. The summed E-state index contributed by atoms with van der Waals surface area (Å²) in [6, 6.07) is 2.20. The van der Waals surface area contributed by atoms with Gasteiger partial charge in [0, 0.05) is 24.7 Å². The fourth-order valence-electron chi connectivity index (χ4n) is 5.39. The largest absolute Gasteiger partial charge is 0.328 e. The van der Waals surface area contributed by atoms with Crippen molar-refractivity contribution in [2.45, 2.75) is 57.2 Å². The van der Waals surface area contributed by atoms with Crippen molar-refractivity contribution in [2.75, 3.05) is 6.54 Å². The van der Waals surface area contributed by atoms with Crippen LogP contribution in [0, 0.1) is 23.7 Å². The third-order valence-corrected chi connectivity index (χ3v) is 6.05. The topological polar surface area (TPSA) is 29.3 Å². The number of rotatable bonds is 1. The Bertz CT molecular complexity index is 287. The summed E-state index contributed by atoms with van der Waals surface area (Å²) in [5.74, 6) is 4.44. The Labute approximate surface area is 98.6 Å². The summed E-state index contributed by atoms with van der Waals surface area (Å²) < 4.78 is 0. The van der Waals surface area contributed by atoms with Gasteiger partial charge >= 0.3 is 0 Å². The molecule has 1 heterocycles. The molecule has 1 saturated heterocycles. The van der Waals surface area contributed by atoms with E-state index >= 15 is 0 Å². The zero-order valence-electron chi connectivity index (χ0n) is 10.3. The Kier molecular flexibility index (Phi) is 2.00. The van der Waals surface area contributed by atoms with Crippen LogP contribution in [0.3, 0.4) is 0 Å². The first-order valence-corrected chi connectivity index (χ1v) is 7.27. The van der Waals surface area contributed by atoms with Crippen LogP contribution in [0.25, 0.3) is 0 Å². The van der Waals surface area contributed by atoms with Crippen molar-refractivity contribution in [1.29, 1.82) is 0 Å². The van der Waals surface area contributed by atoms with Gasteiger partial charge in [0.1, 0.15) is 0 Å². The Morgan fingerprint density at radius 1 is 1.00 bits per heavy atom. The van der Waals surface area contributed by atoms with Gasteiger partial charge in [0.25, 0.3) is 0 Å².